The maximum atomic E-state index is 13.3. The van der Waals surface area contributed by atoms with Crippen LogP contribution in [-0.4, -0.2) is 47.7 Å². The molecule has 2 aromatic heterocycles. The van der Waals surface area contributed by atoms with Crippen molar-refractivity contribution in [3.05, 3.63) is 65.2 Å². The van der Waals surface area contributed by atoms with Crippen LogP contribution in [0.3, 0.4) is 0 Å². The Morgan fingerprint density at radius 2 is 2.09 bits per heavy atom. The van der Waals surface area contributed by atoms with Gasteiger partial charge in [-0.1, -0.05) is 22.9 Å². The van der Waals surface area contributed by atoms with E-state index in [1.807, 2.05) is 32.0 Å². The van der Waals surface area contributed by atoms with Gasteiger partial charge in [0.05, 0.1) is 18.9 Å². The van der Waals surface area contributed by atoms with Gasteiger partial charge in [-0.25, -0.2) is 0 Å². The number of hydrogen-bond acceptors (Lipinski definition) is 6. The molecule has 1 atom stereocenters. The Labute approximate surface area is 192 Å². The van der Waals surface area contributed by atoms with Crippen LogP contribution in [0, 0.1) is 13.8 Å². The molecule has 1 aliphatic rings. The molecule has 3 aromatic rings. The molecule has 0 bridgehead atoms. The number of aryl methyl sites for hydroxylation is 2. The number of carbonyl (C=O) groups is 2. The highest BCUT2D eigenvalue weighted by Crippen LogP contribution is 2.26. The van der Waals surface area contributed by atoms with E-state index in [0.29, 0.717) is 31.2 Å². The van der Waals surface area contributed by atoms with E-state index in [-0.39, 0.29) is 36.6 Å². The van der Waals surface area contributed by atoms with Gasteiger partial charge in [0.15, 0.2) is 11.5 Å². The first-order valence-corrected chi connectivity index (χ1v) is 11.2. The first-order chi connectivity index (χ1) is 16.0. The summed E-state index contributed by atoms with van der Waals surface area (Å²) in [6, 6.07) is 11.3. The number of nitrogens with one attached hydrogen (secondary N) is 1. The summed E-state index contributed by atoms with van der Waals surface area (Å²) in [5.41, 5.74) is 3.27. The fourth-order valence-corrected chi connectivity index (χ4v) is 3.90. The Morgan fingerprint density at radius 3 is 2.85 bits per heavy atom. The second kappa shape index (κ2) is 10.5. The van der Waals surface area contributed by atoms with Gasteiger partial charge in [0, 0.05) is 37.7 Å². The Kier molecular flexibility index (Phi) is 7.24. The summed E-state index contributed by atoms with van der Waals surface area (Å²) in [4.78, 5) is 27.3. The van der Waals surface area contributed by atoms with Gasteiger partial charge in [0.25, 0.3) is 5.91 Å². The van der Waals surface area contributed by atoms with Gasteiger partial charge in [0.1, 0.15) is 5.76 Å². The number of ether oxygens (including phenoxy) is 1. The zero-order valence-corrected chi connectivity index (χ0v) is 19.0. The Balaban J connectivity index is 1.43. The zero-order valence-electron chi connectivity index (χ0n) is 19.0. The molecule has 1 N–H and O–H groups in total. The second-order valence-corrected chi connectivity index (χ2v) is 8.39. The molecule has 0 spiro atoms. The van der Waals surface area contributed by atoms with Crippen molar-refractivity contribution in [2.24, 2.45) is 0 Å². The summed E-state index contributed by atoms with van der Waals surface area (Å²) in [5, 5.41) is 6.85. The van der Waals surface area contributed by atoms with E-state index in [1.54, 1.807) is 29.4 Å². The number of aromatic nitrogens is 1. The zero-order chi connectivity index (χ0) is 23.2. The minimum absolute atomic E-state index is 0.0366. The molecule has 0 saturated carbocycles. The number of furan rings is 1. The summed E-state index contributed by atoms with van der Waals surface area (Å²) < 4.78 is 16.5. The van der Waals surface area contributed by atoms with Crippen LogP contribution < -0.4 is 5.32 Å². The highest BCUT2D eigenvalue weighted by atomic mass is 16.5. The van der Waals surface area contributed by atoms with Crippen LogP contribution in [0.25, 0.3) is 11.3 Å². The molecule has 2 amide bonds. The van der Waals surface area contributed by atoms with Crippen LogP contribution in [0.15, 0.2) is 51.6 Å². The minimum Gasteiger partial charge on any atom is -0.467 e. The van der Waals surface area contributed by atoms with E-state index in [1.165, 1.54) is 0 Å². The topological polar surface area (TPSA) is 97.8 Å². The lowest BCUT2D eigenvalue weighted by atomic mass is 10.0. The Morgan fingerprint density at radius 1 is 1.21 bits per heavy atom. The molecule has 174 valence electrons. The van der Waals surface area contributed by atoms with Crippen LogP contribution in [0.5, 0.6) is 0 Å². The SMILES string of the molecule is Cc1ccc(C)c(-c2cc(C(=O)N(CCC(=O)NCc3ccco3)CC3CCCO3)no2)c1. The first-order valence-electron chi connectivity index (χ1n) is 11.2. The van der Waals surface area contributed by atoms with E-state index >= 15 is 0 Å². The van der Waals surface area contributed by atoms with Gasteiger partial charge in [-0.2, -0.15) is 0 Å². The number of rotatable bonds is 9. The summed E-state index contributed by atoms with van der Waals surface area (Å²) in [7, 11) is 0. The summed E-state index contributed by atoms with van der Waals surface area (Å²) in [6.07, 6.45) is 3.55. The Bertz CT molecular complexity index is 1080. The number of nitrogens with zero attached hydrogens (tertiary/aromatic N) is 2. The van der Waals surface area contributed by atoms with Crippen LogP contribution in [0.1, 0.15) is 46.6 Å². The molecule has 1 saturated heterocycles. The summed E-state index contributed by atoms with van der Waals surface area (Å²) in [5.74, 6) is 0.794. The van der Waals surface area contributed by atoms with Crippen molar-refractivity contribution in [1.29, 1.82) is 0 Å². The maximum absolute atomic E-state index is 13.3. The normalized spacial score (nSPS) is 15.5. The van der Waals surface area contributed by atoms with E-state index in [9.17, 15) is 9.59 Å². The van der Waals surface area contributed by atoms with Crippen LogP contribution >= 0.6 is 0 Å². The third-order valence-electron chi connectivity index (χ3n) is 5.77. The van der Waals surface area contributed by atoms with Crippen LogP contribution in [0.2, 0.25) is 0 Å². The third-order valence-corrected chi connectivity index (χ3v) is 5.77. The third kappa shape index (κ3) is 5.90. The largest absolute Gasteiger partial charge is 0.467 e. The summed E-state index contributed by atoms with van der Waals surface area (Å²) in [6.45, 7) is 5.67. The second-order valence-electron chi connectivity index (χ2n) is 8.39. The molecule has 1 aliphatic heterocycles. The highest BCUT2D eigenvalue weighted by molar-refractivity contribution is 5.93. The van der Waals surface area contributed by atoms with E-state index < -0.39 is 0 Å². The quantitative estimate of drug-likeness (QED) is 0.530. The molecule has 0 radical (unpaired) electrons. The van der Waals surface area contributed by atoms with E-state index in [4.69, 9.17) is 13.7 Å². The lowest BCUT2D eigenvalue weighted by Gasteiger charge is -2.24. The first kappa shape index (κ1) is 22.8. The van der Waals surface area contributed by atoms with E-state index in [2.05, 4.69) is 10.5 Å². The Hall–Kier alpha value is -3.39. The molecule has 0 aliphatic carbocycles. The van der Waals surface area contributed by atoms with Crippen molar-refractivity contribution >= 4 is 11.8 Å². The number of hydrogen-bond donors (Lipinski definition) is 1. The monoisotopic (exact) mass is 451 g/mol. The van der Waals surface area contributed by atoms with Crippen molar-refractivity contribution < 1.29 is 23.3 Å². The molecule has 8 nitrogen and oxygen atoms in total. The fourth-order valence-electron chi connectivity index (χ4n) is 3.90. The number of amides is 2. The molecular weight excluding hydrogens is 422 g/mol. The molecule has 3 heterocycles. The minimum atomic E-state index is -0.273. The summed E-state index contributed by atoms with van der Waals surface area (Å²) >= 11 is 0. The van der Waals surface area contributed by atoms with Crippen molar-refractivity contribution in [3.63, 3.8) is 0 Å². The predicted molar refractivity (Wildman–Crippen MR) is 121 cm³/mol. The highest BCUT2D eigenvalue weighted by Gasteiger charge is 2.26. The molecule has 8 heteroatoms. The van der Waals surface area contributed by atoms with Gasteiger partial charge in [0.2, 0.25) is 5.91 Å². The lowest BCUT2D eigenvalue weighted by molar-refractivity contribution is -0.121. The average Bonchev–Trinajstić information content (AvgIpc) is 3.59. The van der Waals surface area contributed by atoms with Gasteiger partial charge < -0.3 is 23.9 Å². The molecule has 33 heavy (non-hydrogen) atoms. The molecule has 4 rings (SSSR count). The van der Waals surface area contributed by atoms with Crippen molar-refractivity contribution in [2.75, 3.05) is 19.7 Å². The van der Waals surface area contributed by atoms with Gasteiger partial charge in [-0.05, 0) is 50.5 Å². The number of carbonyl (C=O) groups excluding carboxylic acids is 2. The van der Waals surface area contributed by atoms with Gasteiger partial charge in [-0.3, -0.25) is 9.59 Å². The molecule has 1 aromatic carbocycles. The van der Waals surface area contributed by atoms with E-state index in [0.717, 1.165) is 29.5 Å². The molecule has 1 fully saturated rings. The number of benzene rings is 1. The average molecular weight is 452 g/mol. The fraction of sp³-hybridized carbons (Fsp3) is 0.400. The van der Waals surface area contributed by atoms with Gasteiger partial charge >= 0.3 is 0 Å². The van der Waals surface area contributed by atoms with Crippen molar-refractivity contribution in [2.45, 2.75) is 45.8 Å². The predicted octanol–water partition coefficient (Wildman–Crippen LogP) is 3.88. The maximum Gasteiger partial charge on any atom is 0.276 e. The molecular formula is C25H29N3O5. The smallest absolute Gasteiger partial charge is 0.276 e. The lowest BCUT2D eigenvalue weighted by Crippen LogP contribution is -2.40. The van der Waals surface area contributed by atoms with Gasteiger partial charge in [-0.15, -0.1) is 0 Å². The molecule has 1 unspecified atom stereocenters. The van der Waals surface area contributed by atoms with Crippen LogP contribution in [-0.2, 0) is 16.1 Å². The van der Waals surface area contributed by atoms with Crippen molar-refractivity contribution in [1.82, 2.24) is 15.4 Å². The van der Waals surface area contributed by atoms with Crippen LogP contribution in [0.4, 0.5) is 0 Å². The van der Waals surface area contributed by atoms with Crippen molar-refractivity contribution in [3.8, 4) is 11.3 Å². The standard InChI is InChI=1S/C25H29N3O5/c1-17-7-8-18(2)21(13-17)23-14-22(27-33-23)25(30)28(16-20-6-4-12-32-20)10-9-24(29)26-15-19-5-3-11-31-19/h3,5,7-8,11,13-14,20H,4,6,9-10,12,15-16H2,1-2H3,(H,26,29).